The van der Waals surface area contributed by atoms with Crippen LogP contribution in [0, 0.1) is 11.3 Å². The Morgan fingerprint density at radius 3 is 2.74 bits per heavy atom. The second-order valence-corrected chi connectivity index (χ2v) is 4.80. The molecule has 0 aromatic heterocycles. The fourth-order valence-corrected chi connectivity index (χ4v) is 2.15. The topological polar surface area (TPSA) is 76.7 Å². The summed E-state index contributed by atoms with van der Waals surface area (Å²) in [5, 5.41) is 27.9. The van der Waals surface area contributed by atoms with Gasteiger partial charge in [0.2, 0.25) is 0 Å². The lowest BCUT2D eigenvalue weighted by Gasteiger charge is -2.19. The summed E-state index contributed by atoms with van der Waals surface area (Å²) in [6, 6.07) is 8.82. The molecule has 1 saturated heterocycles. The van der Waals surface area contributed by atoms with Gasteiger partial charge >= 0.3 is 0 Å². The fraction of sp³-hybridized carbons (Fsp3) is 0.500. The van der Waals surface area contributed by atoms with Crippen molar-refractivity contribution in [1.82, 2.24) is 4.90 Å². The number of nitrogens with zero attached hydrogens (tertiary/aromatic N) is 2. The fourth-order valence-electron chi connectivity index (χ4n) is 2.15. The van der Waals surface area contributed by atoms with Crippen LogP contribution in [0.3, 0.4) is 0 Å². The highest BCUT2D eigenvalue weighted by Gasteiger charge is 2.22. The molecule has 102 valence electrons. The molecule has 0 amide bonds. The quantitative estimate of drug-likeness (QED) is 0.801. The van der Waals surface area contributed by atoms with Gasteiger partial charge < -0.3 is 14.9 Å². The van der Waals surface area contributed by atoms with Gasteiger partial charge in [-0.25, -0.2) is 0 Å². The molecule has 0 bridgehead atoms. The van der Waals surface area contributed by atoms with Crippen molar-refractivity contribution in [3.8, 4) is 11.8 Å². The number of hydrogen-bond donors (Lipinski definition) is 2. The van der Waals surface area contributed by atoms with Gasteiger partial charge in [-0.3, -0.25) is 4.90 Å². The van der Waals surface area contributed by atoms with Gasteiger partial charge in [-0.05, 0) is 30.7 Å². The zero-order valence-corrected chi connectivity index (χ0v) is 10.7. The highest BCUT2D eigenvalue weighted by Crippen LogP contribution is 2.13. The lowest BCUT2D eigenvalue weighted by molar-refractivity contribution is 0.0707. The Morgan fingerprint density at radius 2 is 2.16 bits per heavy atom. The molecule has 1 aliphatic rings. The molecule has 1 fully saturated rings. The van der Waals surface area contributed by atoms with Crippen molar-refractivity contribution in [2.75, 3.05) is 26.2 Å². The minimum Gasteiger partial charge on any atom is -0.491 e. The van der Waals surface area contributed by atoms with E-state index in [1.807, 2.05) is 11.0 Å². The average Bonchev–Trinajstić information content (AvgIpc) is 2.82. The highest BCUT2D eigenvalue weighted by atomic mass is 16.5. The lowest BCUT2D eigenvalue weighted by Crippen LogP contribution is -2.34. The van der Waals surface area contributed by atoms with Crippen molar-refractivity contribution in [3.05, 3.63) is 29.8 Å². The molecule has 0 spiro atoms. The maximum atomic E-state index is 9.86. The van der Waals surface area contributed by atoms with Crippen molar-refractivity contribution >= 4 is 0 Å². The van der Waals surface area contributed by atoms with Crippen molar-refractivity contribution < 1.29 is 14.9 Å². The summed E-state index contributed by atoms with van der Waals surface area (Å²) in [6.07, 6.45) is -0.0870. The molecule has 1 unspecified atom stereocenters. The van der Waals surface area contributed by atoms with E-state index in [1.54, 1.807) is 24.3 Å². The molecule has 1 aliphatic heterocycles. The van der Waals surface area contributed by atoms with Crippen LogP contribution in [0.1, 0.15) is 12.0 Å². The molecule has 19 heavy (non-hydrogen) atoms. The molecule has 0 saturated carbocycles. The normalized spacial score (nSPS) is 21.0. The number of benzene rings is 1. The van der Waals surface area contributed by atoms with E-state index < -0.39 is 6.10 Å². The summed E-state index contributed by atoms with van der Waals surface area (Å²) in [5.74, 6) is 0.638. The first-order chi connectivity index (χ1) is 9.17. The van der Waals surface area contributed by atoms with E-state index in [0.29, 0.717) is 24.4 Å². The van der Waals surface area contributed by atoms with Crippen LogP contribution in [0.4, 0.5) is 0 Å². The zero-order chi connectivity index (χ0) is 13.7. The maximum Gasteiger partial charge on any atom is 0.119 e. The molecule has 1 aromatic rings. The van der Waals surface area contributed by atoms with Gasteiger partial charge in [0.15, 0.2) is 0 Å². The molecule has 1 aromatic carbocycles. The van der Waals surface area contributed by atoms with E-state index in [0.717, 1.165) is 13.0 Å². The number of aliphatic hydroxyl groups excluding tert-OH is 2. The van der Waals surface area contributed by atoms with Crippen LogP contribution in [0.2, 0.25) is 0 Å². The summed E-state index contributed by atoms with van der Waals surface area (Å²) in [6.45, 7) is 2.15. The van der Waals surface area contributed by atoms with Gasteiger partial charge in [0.05, 0.1) is 17.7 Å². The minimum atomic E-state index is -0.582. The monoisotopic (exact) mass is 262 g/mol. The van der Waals surface area contributed by atoms with E-state index >= 15 is 0 Å². The largest absolute Gasteiger partial charge is 0.491 e. The van der Waals surface area contributed by atoms with Crippen molar-refractivity contribution in [2.45, 2.75) is 18.6 Å². The second-order valence-electron chi connectivity index (χ2n) is 4.80. The summed E-state index contributed by atoms with van der Waals surface area (Å²) in [5.41, 5.74) is 0.582. The molecule has 1 heterocycles. The van der Waals surface area contributed by atoms with Gasteiger partial charge in [-0.1, -0.05) is 0 Å². The number of ether oxygens (including phenoxy) is 1. The van der Waals surface area contributed by atoms with Crippen LogP contribution < -0.4 is 4.74 Å². The predicted octanol–water partition coefficient (Wildman–Crippen LogP) is 0.365. The van der Waals surface area contributed by atoms with Crippen LogP contribution in [0.15, 0.2) is 24.3 Å². The molecule has 5 heteroatoms. The Bertz CT molecular complexity index is 441. The molecule has 2 N–H and O–H groups in total. The molecule has 2 rings (SSSR count). The van der Waals surface area contributed by atoms with E-state index in [9.17, 15) is 10.2 Å². The summed E-state index contributed by atoms with van der Waals surface area (Å²) in [4.78, 5) is 2.03. The number of hydrogen-bond acceptors (Lipinski definition) is 5. The van der Waals surface area contributed by atoms with Crippen molar-refractivity contribution in [3.63, 3.8) is 0 Å². The first-order valence-electron chi connectivity index (χ1n) is 6.39. The third kappa shape index (κ3) is 4.21. The van der Waals surface area contributed by atoms with Gasteiger partial charge in [0, 0.05) is 19.6 Å². The Hall–Kier alpha value is -1.61. The van der Waals surface area contributed by atoms with Gasteiger partial charge in [0.1, 0.15) is 18.5 Å². The smallest absolute Gasteiger partial charge is 0.119 e. The molecular weight excluding hydrogens is 244 g/mol. The number of likely N-dealkylation sites (tertiary alicyclic amines) is 1. The van der Waals surface area contributed by atoms with Crippen molar-refractivity contribution in [2.24, 2.45) is 0 Å². The SMILES string of the molecule is N#Cc1ccc(OCC(O)CN2CC[C@H](O)C2)cc1. The highest BCUT2D eigenvalue weighted by molar-refractivity contribution is 5.34. The molecule has 5 nitrogen and oxygen atoms in total. The molecule has 2 atom stereocenters. The Morgan fingerprint density at radius 1 is 1.42 bits per heavy atom. The van der Waals surface area contributed by atoms with Gasteiger partial charge in [-0.15, -0.1) is 0 Å². The zero-order valence-electron chi connectivity index (χ0n) is 10.7. The van der Waals surface area contributed by atoms with Crippen molar-refractivity contribution in [1.29, 1.82) is 5.26 Å². The second kappa shape index (κ2) is 6.53. The third-order valence-electron chi connectivity index (χ3n) is 3.14. The number of rotatable bonds is 5. The Kier molecular flexibility index (Phi) is 4.74. The van der Waals surface area contributed by atoms with Gasteiger partial charge in [-0.2, -0.15) is 5.26 Å². The Balaban J connectivity index is 1.73. The van der Waals surface area contributed by atoms with E-state index in [1.165, 1.54) is 0 Å². The van der Waals surface area contributed by atoms with Crippen LogP contribution in [-0.4, -0.2) is 53.6 Å². The number of aliphatic hydroxyl groups is 2. The molecular formula is C14H18N2O3. The van der Waals surface area contributed by atoms with Gasteiger partial charge in [0.25, 0.3) is 0 Å². The summed E-state index contributed by atoms with van der Waals surface area (Å²) in [7, 11) is 0. The average molecular weight is 262 g/mol. The third-order valence-corrected chi connectivity index (χ3v) is 3.14. The predicted molar refractivity (Wildman–Crippen MR) is 69.7 cm³/mol. The van der Waals surface area contributed by atoms with E-state index in [4.69, 9.17) is 10.00 Å². The first kappa shape index (κ1) is 13.8. The first-order valence-corrected chi connectivity index (χ1v) is 6.39. The lowest BCUT2D eigenvalue weighted by atomic mass is 10.2. The summed E-state index contributed by atoms with van der Waals surface area (Å²) >= 11 is 0. The van der Waals surface area contributed by atoms with Crippen LogP contribution in [0.25, 0.3) is 0 Å². The van der Waals surface area contributed by atoms with E-state index in [-0.39, 0.29) is 12.7 Å². The Labute approximate surface area is 112 Å². The van der Waals surface area contributed by atoms with Crippen LogP contribution in [0.5, 0.6) is 5.75 Å². The molecule has 0 aliphatic carbocycles. The number of β-amino-alcohol motifs (C(OH)–C–C–N with tert-alkyl or cyclic N) is 2. The minimum absolute atomic E-state index is 0.207. The van der Waals surface area contributed by atoms with E-state index in [2.05, 4.69) is 0 Å². The number of nitriles is 1. The van der Waals surface area contributed by atoms with Crippen LogP contribution in [-0.2, 0) is 0 Å². The molecule has 0 radical (unpaired) electrons. The standard InChI is InChI=1S/C14H18N2O3/c15-7-11-1-3-14(4-2-11)19-10-13(18)9-16-6-5-12(17)8-16/h1-4,12-13,17-18H,5-6,8-10H2/t12-,13?/m0/s1. The van der Waals surface area contributed by atoms with Crippen LogP contribution >= 0.6 is 0 Å². The maximum absolute atomic E-state index is 9.86. The summed E-state index contributed by atoms with van der Waals surface area (Å²) < 4.78 is 5.46.